The number of benzene rings is 1. The van der Waals surface area contributed by atoms with Crippen molar-refractivity contribution in [2.45, 2.75) is 26.8 Å². The Morgan fingerprint density at radius 3 is 2.68 bits per heavy atom. The third-order valence-corrected chi connectivity index (χ3v) is 3.54. The van der Waals surface area contributed by atoms with Gasteiger partial charge in [0.1, 0.15) is 5.82 Å². The molecule has 0 bridgehead atoms. The second kappa shape index (κ2) is 6.15. The number of amides is 1. The van der Waals surface area contributed by atoms with Crippen LogP contribution in [0.1, 0.15) is 24.5 Å². The molecular weight excluding hydrogens is 243 g/mol. The van der Waals surface area contributed by atoms with Gasteiger partial charge in [-0.1, -0.05) is 6.07 Å². The van der Waals surface area contributed by atoms with Crippen molar-refractivity contribution in [1.29, 1.82) is 0 Å². The predicted molar refractivity (Wildman–Crippen MR) is 73.3 cm³/mol. The molecular formula is C15H21FN2O. The Labute approximate surface area is 114 Å². The molecule has 2 rings (SSSR count). The number of halogens is 1. The maximum absolute atomic E-state index is 13.4. The first-order valence-corrected chi connectivity index (χ1v) is 6.78. The first-order chi connectivity index (χ1) is 9.04. The van der Waals surface area contributed by atoms with E-state index in [1.165, 1.54) is 0 Å². The number of carbonyl (C=O) groups excluding carboxylic acids is 1. The maximum atomic E-state index is 13.4. The zero-order chi connectivity index (χ0) is 13.8. The van der Waals surface area contributed by atoms with Gasteiger partial charge in [0.2, 0.25) is 5.91 Å². The molecule has 0 N–H and O–H groups in total. The Hall–Kier alpha value is -1.42. The third kappa shape index (κ3) is 4.03. The lowest BCUT2D eigenvalue weighted by atomic mass is 10.1. The summed E-state index contributed by atoms with van der Waals surface area (Å²) in [5, 5.41) is 0. The SMILES string of the molecule is CC(=O)N1CCCN(Cc2cc(C)cc(F)c2)CC1. The summed E-state index contributed by atoms with van der Waals surface area (Å²) in [4.78, 5) is 15.5. The molecule has 1 amide bonds. The van der Waals surface area contributed by atoms with Crippen LogP contribution in [0.25, 0.3) is 0 Å². The molecule has 1 saturated heterocycles. The average molecular weight is 264 g/mol. The Kier molecular flexibility index (Phi) is 4.53. The fourth-order valence-corrected chi connectivity index (χ4v) is 2.61. The molecule has 1 aromatic carbocycles. The molecule has 1 aliphatic rings. The van der Waals surface area contributed by atoms with E-state index in [-0.39, 0.29) is 11.7 Å². The molecule has 3 nitrogen and oxygen atoms in total. The van der Waals surface area contributed by atoms with Crippen LogP contribution in [0, 0.1) is 12.7 Å². The molecule has 0 saturated carbocycles. The summed E-state index contributed by atoms with van der Waals surface area (Å²) in [7, 11) is 0. The second-order valence-corrected chi connectivity index (χ2v) is 5.27. The topological polar surface area (TPSA) is 23.6 Å². The molecule has 1 heterocycles. The molecule has 19 heavy (non-hydrogen) atoms. The fourth-order valence-electron chi connectivity index (χ4n) is 2.61. The molecule has 1 aromatic rings. The van der Waals surface area contributed by atoms with Crippen LogP contribution in [0.5, 0.6) is 0 Å². The molecule has 1 aliphatic heterocycles. The number of nitrogens with zero attached hydrogens (tertiary/aromatic N) is 2. The number of hydrogen-bond acceptors (Lipinski definition) is 2. The van der Waals surface area contributed by atoms with Crippen LogP contribution < -0.4 is 0 Å². The van der Waals surface area contributed by atoms with Crippen LogP contribution in [0.3, 0.4) is 0 Å². The Morgan fingerprint density at radius 1 is 1.21 bits per heavy atom. The van der Waals surface area contributed by atoms with Crippen LogP contribution >= 0.6 is 0 Å². The van der Waals surface area contributed by atoms with Gasteiger partial charge in [-0.05, 0) is 36.6 Å². The number of rotatable bonds is 2. The zero-order valence-corrected chi connectivity index (χ0v) is 11.7. The van der Waals surface area contributed by atoms with Crippen LogP contribution in [-0.2, 0) is 11.3 Å². The van der Waals surface area contributed by atoms with Gasteiger partial charge in [0.15, 0.2) is 0 Å². The van der Waals surface area contributed by atoms with E-state index >= 15 is 0 Å². The van der Waals surface area contributed by atoms with Crippen LogP contribution in [0.2, 0.25) is 0 Å². The van der Waals surface area contributed by atoms with Gasteiger partial charge in [-0.3, -0.25) is 9.69 Å². The van der Waals surface area contributed by atoms with Crippen molar-refractivity contribution < 1.29 is 9.18 Å². The number of carbonyl (C=O) groups is 1. The van der Waals surface area contributed by atoms with Crippen molar-refractivity contribution in [3.63, 3.8) is 0 Å². The first kappa shape index (κ1) is 14.0. The van der Waals surface area contributed by atoms with Crippen molar-refractivity contribution in [3.8, 4) is 0 Å². The van der Waals surface area contributed by atoms with E-state index in [0.29, 0.717) is 0 Å². The predicted octanol–water partition coefficient (Wildman–Crippen LogP) is 2.19. The van der Waals surface area contributed by atoms with Gasteiger partial charge in [-0.25, -0.2) is 4.39 Å². The van der Waals surface area contributed by atoms with Gasteiger partial charge in [-0.15, -0.1) is 0 Å². The molecule has 0 radical (unpaired) electrons. The minimum atomic E-state index is -0.171. The lowest BCUT2D eigenvalue weighted by Gasteiger charge is -2.21. The van der Waals surface area contributed by atoms with Crippen molar-refractivity contribution in [1.82, 2.24) is 9.80 Å². The molecule has 0 atom stereocenters. The smallest absolute Gasteiger partial charge is 0.219 e. The van der Waals surface area contributed by atoms with E-state index in [0.717, 1.165) is 50.3 Å². The van der Waals surface area contributed by atoms with Crippen LogP contribution in [0.4, 0.5) is 4.39 Å². The minimum absolute atomic E-state index is 0.142. The van der Waals surface area contributed by atoms with Gasteiger partial charge >= 0.3 is 0 Å². The quantitative estimate of drug-likeness (QED) is 0.817. The zero-order valence-electron chi connectivity index (χ0n) is 11.7. The number of hydrogen-bond donors (Lipinski definition) is 0. The molecule has 0 aromatic heterocycles. The largest absolute Gasteiger partial charge is 0.342 e. The van der Waals surface area contributed by atoms with Gasteiger partial charge in [0.05, 0.1) is 0 Å². The van der Waals surface area contributed by atoms with E-state index in [2.05, 4.69) is 4.90 Å². The third-order valence-electron chi connectivity index (χ3n) is 3.54. The highest BCUT2D eigenvalue weighted by Gasteiger charge is 2.16. The highest BCUT2D eigenvalue weighted by molar-refractivity contribution is 5.73. The molecule has 4 heteroatoms. The van der Waals surface area contributed by atoms with Crippen molar-refractivity contribution in [2.75, 3.05) is 26.2 Å². The normalized spacial score (nSPS) is 17.3. The van der Waals surface area contributed by atoms with Gasteiger partial charge in [0.25, 0.3) is 0 Å². The number of aryl methyl sites for hydroxylation is 1. The molecule has 0 unspecified atom stereocenters. The summed E-state index contributed by atoms with van der Waals surface area (Å²) in [6.45, 7) is 7.69. The average Bonchev–Trinajstić information content (AvgIpc) is 2.53. The van der Waals surface area contributed by atoms with Crippen molar-refractivity contribution in [3.05, 3.63) is 35.1 Å². The molecule has 0 aliphatic carbocycles. The van der Waals surface area contributed by atoms with Gasteiger partial charge in [-0.2, -0.15) is 0 Å². The highest BCUT2D eigenvalue weighted by Crippen LogP contribution is 2.13. The van der Waals surface area contributed by atoms with E-state index in [4.69, 9.17) is 0 Å². The molecule has 104 valence electrons. The lowest BCUT2D eigenvalue weighted by Crippen LogP contribution is -2.33. The Balaban J connectivity index is 1.97. The van der Waals surface area contributed by atoms with E-state index < -0.39 is 0 Å². The highest BCUT2D eigenvalue weighted by atomic mass is 19.1. The van der Waals surface area contributed by atoms with Crippen LogP contribution in [0.15, 0.2) is 18.2 Å². The minimum Gasteiger partial charge on any atom is -0.342 e. The molecule has 0 spiro atoms. The summed E-state index contributed by atoms with van der Waals surface area (Å²) in [5.41, 5.74) is 1.96. The summed E-state index contributed by atoms with van der Waals surface area (Å²) >= 11 is 0. The van der Waals surface area contributed by atoms with Gasteiger partial charge < -0.3 is 4.90 Å². The van der Waals surface area contributed by atoms with E-state index in [1.807, 2.05) is 17.9 Å². The van der Waals surface area contributed by atoms with E-state index in [1.54, 1.807) is 19.1 Å². The van der Waals surface area contributed by atoms with Crippen molar-refractivity contribution >= 4 is 5.91 Å². The summed E-state index contributed by atoms with van der Waals surface area (Å²) < 4.78 is 13.4. The summed E-state index contributed by atoms with van der Waals surface area (Å²) in [6, 6.07) is 5.17. The van der Waals surface area contributed by atoms with Crippen molar-refractivity contribution in [2.24, 2.45) is 0 Å². The monoisotopic (exact) mass is 264 g/mol. The summed E-state index contributed by atoms with van der Waals surface area (Å²) in [6.07, 6.45) is 0.980. The fraction of sp³-hybridized carbons (Fsp3) is 0.533. The Bertz CT molecular complexity index is 441. The standard InChI is InChI=1S/C15H21FN2O/c1-12-8-14(10-15(16)9-12)11-17-4-3-5-18(7-6-17)13(2)19/h8-10H,3-7,11H2,1-2H3. The maximum Gasteiger partial charge on any atom is 0.219 e. The second-order valence-electron chi connectivity index (χ2n) is 5.27. The van der Waals surface area contributed by atoms with Crippen LogP contribution in [-0.4, -0.2) is 41.9 Å². The summed E-state index contributed by atoms with van der Waals surface area (Å²) in [5.74, 6) is -0.0290. The van der Waals surface area contributed by atoms with E-state index in [9.17, 15) is 9.18 Å². The van der Waals surface area contributed by atoms with Gasteiger partial charge in [0, 0.05) is 39.6 Å². The lowest BCUT2D eigenvalue weighted by molar-refractivity contribution is -0.128. The molecule has 1 fully saturated rings. The first-order valence-electron chi connectivity index (χ1n) is 6.78. The Morgan fingerprint density at radius 2 is 2.00 bits per heavy atom.